The molecule has 1 aromatic heterocycles. The Hall–Kier alpha value is -0.800. The summed E-state index contributed by atoms with van der Waals surface area (Å²) < 4.78 is 3.46. The molecule has 0 amide bonds. The molecule has 92 valence electrons. The molecule has 2 aromatic rings. The summed E-state index contributed by atoms with van der Waals surface area (Å²) in [5.74, 6) is 0.569. The lowest BCUT2D eigenvalue weighted by Gasteiger charge is -2.05. The van der Waals surface area contributed by atoms with Crippen LogP contribution in [0.2, 0.25) is 0 Å². The molecular weight excluding hydrogens is 276 g/mol. The molecule has 0 bridgehead atoms. The van der Waals surface area contributed by atoms with Gasteiger partial charge < -0.3 is 9.88 Å². The summed E-state index contributed by atoms with van der Waals surface area (Å²) in [7, 11) is 4.10. The number of aryl methyl sites for hydroxylation is 1. The van der Waals surface area contributed by atoms with E-state index in [-0.39, 0.29) is 0 Å². The molecule has 1 aromatic carbocycles. The van der Waals surface area contributed by atoms with Gasteiger partial charge in [0.1, 0.15) is 0 Å². The van der Waals surface area contributed by atoms with E-state index >= 15 is 0 Å². The third-order valence-corrected chi connectivity index (χ3v) is 4.17. The van der Waals surface area contributed by atoms with E-state index in [2.05, 4.69) is 64.9 Å². The average molecular weight is 295 g/mol. The highest BCUT2D eigenvalue weighted by Crippen LogP contribution is 2.32. The maximum atomic E-state index is 3.73. The Morgan fingerprint density at radius 3 is 2.65 bits per heavy atom. The molecule has 0 aliphatic heterocycles. The van der Waals surface area contributed by atoms with Crippen molar-refractivity contribution in [3.8, 4) is 0 Å². The predicted octanol–water partition coefficient (Wildman–Crippen LogP) is 3.78. The molecule has 17 heavy (non-hydrogen) atoms. The summed E-state index contributed by atoms with van der Waals surface area (Å²) >= 11 is 3.73. The van der Waals surface area contributed by atoms with Crippen molar-refractivity contribution in [3.05, 3.63) is 33.9 Å². The highest BCUT2D eigenvalue weighted by molar-refractivity contribution is 9.10. The van der Waals surface area contributed by atoms with E-state index in [1.165, 1.54) is 26.6 Å². The van der Waals surface area contributed by atoms with E-state index in [1.807, 2.05) is 7.05 Å². The smallest absolute Gasteiger partial charge is 0.0492 e. The summed E-state index contributed by atoms with van der Waals surface area (Å²) in [6.07, 6.45) is 0. The molecule has 3 heteroatoms. The normalized spacial score (nSPS) is 11.6. The van der Waals surface area contributed by atoms with Crippen molar-refractivity contribution in [2.24, 2.45) is 7.05 Å². The van der Waals surface area contributed by atoms with Crippen LogP contribution in [0.3, 0.4) is 0 Å². The second kappa shape index (κ2) is 4.83. The van der Waals surface area contributed by atoms with Gasteiger partial charge in [-0.3, -0.25) is 0 Å². The van der Waals surface area contributed by atoms with Crippen molar-refractivity contribution < 1.29 is 0 Å². The molecule has 0 atom stereocenters. The summed E-state index contributed by atoms with van der Waals surface area (Å²) in [6, 6.07) is 6.74. The second-order valence-electron chi connectivity index (χ2n) is 4.78. The molecule has 1 heterocycles. The fourth-order valence-corrected chi connectivity index (χ4v) is 2.92. The van der Waals surface area contributed by atoms with E-state index in [4.69, 9.17) is 0 Å². The Labute approximate surface area is 111 Å². The van der Waals surface area contributed by atoms with Gasteiger partial charge in [0.2, 0.25) is 0 Å². The number of fused-ring (bicyclic) bond motifs is 1. The monoisotopic (exact) mass is 294 g/mol. The third-order valence-electron chi connectivity index (χ3n) is 3.29. The molecule has 0 fully saturated rings. The topological polar surface area (TPSA) is 17.0 Å². The van der Waals surface area contributed by atoms with Gasteiger partial charge in [0.15, 0.2) is 0 Å². The van der Waals surface area contributed by atoms with Crippen LogP contribution in [0.25, 0.3) is 10.9 Å². The van der Waals surface area contributed by atoms with E-state index in [0.717, 1.165) is 6.54 Å². The van der Waals surface area contributed by atoms with E-state index in [1.54, 1.807) is 0 Å². The highest BCUT2D eigenvalue weighted by atomic mass is 79.9. The quantitative estimate of drug-likeness (QED) is 0.911. The minimum Gasteiger partial charge on any atom is -0.345 e. The number of hydrogen-bond donors (Lipinski definition) is 1. The van der Waals surface area contributed by atoms with Crippen LogP contribution in [0.15, 0.2) is 22.7 Å². The third kappa shape index (κ3) is 2.14. The van der Waals surface area contributed by atoms with Gasteiger partial charge in [-0.15, -0.1) is 0 Å². The van der Waals surface area contributed by atoms with E-state index in [9.17, 15) is 0 Å². The summed E-state index contributed by atoms with van der Waals surface area (Å²) in [4.78, 5) is 0. The number of hydrogen-bond acceptors (Lipinski definition) is 1. The summed E-state index contributed by atoms with van der Waals surface area (Å²) in [6.45, 7) is 5.34. The largest absolute Gasteiger partial charge is 0.345 e. The van der Waals surface area contributed by atoms with Gasteiger partial charge in [0.25, 0.3) is 0 Å². The first-order valence-corrected chi connectivity index (χ1v) is 6.76. The Morgan fingerprint density at radius 2 is 2.06 bits per heavy atom. The van der Waals surface area contributed by atoms with Crippen LogP contribution in [0.1, 0.15) is 31.0 Å². The Kier molecular flexibility index (Phi) is 3.59. The molecule has 2 nitrogen and oxygen atoms in total. The zero-order valence-electron chi connectivity index (χ0n) is 10.8. The molecule has 0 saturated heterocycles. The molecule has 0 aliphatic carbocycles. The van der Waals surface area contributed by atoms with Crippen LogP contribution in [-0.2, 0) is 13.6 Å². The lowest BCUT2D eigenvalue weighted by molar-refractivity contribution is 0.741. The van der Waals surface area contributed by atoms with Crippen LogP contribution in [0.5, 0.6) is 0 Å². The van der Waals surface area contributed by atoms with Gasteiger partial charge in [0.05, 0.1) is 0 Å². The predicted molar refractivity (Wildman–Crippen MR) is 77.5 cm³/mol. The Balaban J connectivity index is 2.66. The molecule has 0 saturated carbocycles. The summed E-state index contributed by atoms with van der Waals surface area (Å²) in [5, 5.41) is 4.52. The zero-order valence-corrected chi connectivity index (χ0v) is 12.4. The Bertz CT molecular complexity index is 541. The van der Waals surface area contributed by atoms with Crippen molar-refractivity contribution in [1.29, 1.82) is 0 Å². The minimum atomic E-state index is 0.569. The van der Waals surface area contributed by atoms with Crippen LogP contribution in [-0.4, -0.2) is 11.6 Å². The van der Waals surface area contributed by atoms with Gasteiger partial charge in [-0.2, -0.15) is 0 Å². The molecule has 2 rings (SSSR count). The molecule has 0 radical (unpaired) electrons. The molecule has 0 aliphatic rings. The van der Waals surface area contributed by atoms with Gasteiger partial charge in [-0.25, -0.2) is 0 Å². The molecule has 0 spiro atoms. The van der Waals surface area contributed by atoms with E-state index < -0.39 is 0 Å². The maximum absolute atomic E-state index is 3.73. The molecule has 1 N–H and O–H groups in total. The number of nitrogens with one attached hydrogen (secondary N) is 1. The second-order valence-corrected chi connectivity index (χ2v) is 5.57. The van der Waals surface area contributed by atoms with E-state index in [0.29, 0.717) is 5.92 Å². The van der Waals surface area contributed by atoms with Crippen LogP contribution < -0.4 is 5.32 Å². The lowest BCUT2D eigenvalue weighted by Crippen LogP contribution is -2.09. The van der Waals surface area contributed by atoms with Crippen molar-refractivity contribution in [3.63, 3.8) is 0 Å². The molecular formula is C14H19BrN2. The number of aromatic nitrogens is 1. The van der Waals surface area contributed by atoms with Gasteiger partial charge in [0, 0.05) is 34.7 Å². The SMILES string of the molecule is CNCc1c(Br)c2cc(C(C)C)ccc2n1C. The van der Waals surface area contributed by atoms with Gasteiger partial charge in [-0.05, 0) is 46.6 Å². The van der Waals surface area contributed by atoms with Crippen molar-refractivity contribution >= 4 is 26.8 Å². The maximum Gasteiger partial charge on any atom is 0.0492 e. The first-order chi connectivity index (χ1) is 8.06. The Morgan fingerprint density at radius 1 is 1.35 bits per heavy atom. The number of halogens is 1. The fraction of sp³-hybridized carbons (Fsp3) is 0.429. The number of nitrogens with zero attached hydrogens (tertiary/aromatic N) is 1. The average Bonchev–Trinajstić information content (AvgIpc) is 2.54. The first-order valence-electron chi connectivity index (χ1n) is 5.97. The van der Waals surface area contributed by atoms with Crippen molar-refractivity contribution in [2.75, 3.05) is 7.05 Å². The van der Waals surface area contributed by atoms with Gasteiger partial charge in [-0.1, -0.05) is 19.9 Å². The minimum absolute atomic E-state index is 0.569. The van der Waals surface area contributed by atoms with Gasteiger partial charge >= 0.3 is 0 Å². The number of benzene rings is 1. The highest BCUT2D eigenvalue weighted by Gasteiger charge is 2.13. The summed E-state index contributed by atoms with van der Waals surface area (Å²) in [5.41, 5.74) is 3.97. The van der Waals surface area contributed by atoms with Crippen LogP contribution >= 0.6 is 15.9 Å². The fourth-order valence-electron chi connectivity index (χ4n) is 2.19. The zero-order chi connectivity index (χ0) is 12.6. The van der Waals surface area contributed by atoms with Crippen LogP contribution in [0.4, 0.5) is 0 Å². The van der Waals surface area contributed by atoms with Crippen LogP contribution in [0, 0.1) is 0 Å². The molecule has 0 unspecified atom stereocenters. The standard InChI is InChI=1S/C14H19BrN2/c1-9(2)10-5-6-12-11(7-10)14(15)13(8-16-3)17(12)4/h5-7,9,16H,8H2,1-4H3. The lowest BCUT2D eigenvalue weighted by atomic mass is 10.0. The van der Waals surface area contributed by atoms with Crippen molar-refractivity contribution in [2.45, 2.75) is 26.3 Å². The van der Waals surface area contributed by atoms with Crippen molar-refractivity contribution in [1.82, 2.24) is 9.88 Å². The number of rotatable bonds is 3. The first kappa shape index (κ1) is 12.7.